The van der Waals surface area contributed by atoms with Gasteiger partial charge < -0.3 is 4.90 Å². The minimum absolute atomic E-state index is 0.0551. The number of aromatic nitrogens is 1. The van der Waals surface area contributed by atoms with E-state index in [1.807, 2.05) is 17.0 Å². The number of nitrogens with zero attached hydrogens (tertiary/aromatic N) is 4. The molecular weight excluding hydrogens is 208 g/mol. The van der Waals surface area contributed by atoms with Gasteiger partial charge in [-0.1, -0.05) is 6.92 Å². The second-order valence-electron chi connectivity index (χ2n) is 3.35. The average molecular weight is 220 g/mol. The molecule has 5 heteroatoms. The molecule has 0 saturated heterocycles. The fourth-order valence-corrected chi connectivity index (χ4v) is 1.81. The molecule has 0 radical (unpaired) electrons. The van der Waals surface area contributed by atoms with E-state index in [-0.39, 0.29) is 6.17 Å². The van der Waals surface area contributed by atoms with E-state index in [0.29, 0.717) is 5.11 Å². The van der Waals surface area contributed by atoms with Crippen LogP contribution in [-0.4, -0.2) is 21.5 Å². The summed E-state index contributed by atoms with van der Waals surface area (Å²) in [6, 6.07) is 3.89. The zero-order chi connectivity index (χ0) is 10.7. The van der Waals surface area contributed by atoms with E-state index in [1.54, 1.807) is 12.4 Å². The number of pyridine rings is 1. The highest BCUT2D eigenvalue weighted by Gasteiger charge is 2.26. The van der Waals surface area contributed by atoms with Crippen molar-refractivity contribution in [2.75, 3.05) is 6.54 Å². The summed E-state index contributed by atoms with van der Waals surface area (Å²) in [6.45, 7) is 3.00. The largest absolute Gasteiger partial charge is 0.319 e. The van der Waals surface area contributed by atoms with Gasteiger partial charge in [0.15, 0.2) is 6.17 Å². The summed E-state index contributed by atoms with van der Waals surface area (Å²) in [7, 11) is 0. The van der Waals surface area contributed by atoms with Gasteiger partial charge in [0.25, 0.3) is 0 Å². The van der Waals surface area contributed by atoms with Crippen molar-refractivity contribution in [3.8, 4) is 0 Å². The number of rotatable bonds is 3. The molecule has 4 nitrogen and oxygen atoms in total. The monoisotopic (exact) mass is 220 g/mol. The highest BCUT2D eigenvalue weighted by atomic mass is 32.1. The zero-order valence-corrected chi connectivity index (χ0v) is 9.31. The summed E-state index contributed by atoms with van der Waals surface area (Å²) in [5.74, 6) is 0. The molecule has 78 valence electrons. The highest BCUT2D eigenvalue weighted by molar-refractivity contribution is 7.80. The van der Waals surface area contributed by atoms with Crippen LogP contribution in [0.1, 0.15) is 25.1 Å². The van der Waals surface area contributed by atoms with Gasteiger partial charge in [0.05, 0.1) is 0 Å². The lowest BCUT2D eigenvalue weighted by Crippen LogP contribution is -2.28. The van der Waals surface area contributed by atoms with Crippen molar-refractivity contribution in [2.45, 2.75) is 19.5 Å². The first-order valence-corrected chi connectivity index (χ1v) is 5.35. The molecule has 0 bridgehead atoms. The Labute approximate surface area is 94.0 Å². The first kappa shape index (κ1) is 10.2. The van der Waals surface area contributed by atoms with Crippen molar-refractivity contribution in [1.29, 1.82) is 0 Å². The van der Waals surface area contributed by atoms with Gasteiger partial charge in [-0.05, 0) is 30.8 Å². The van der Waals surface area contributed by atoms with Gasteiger partial charge in [-0.25, -0.2) is 0 Å². The van der Waals surface area contributed by atoms with Crippen molar-refractivity contribution in [2.24, 2.45) is 10.2 Å². The fourth-order valence-electron chi connectivity index (χ4n) is 1.57. The Morgan fingerprint density at radius 2 is 2.13 bits per heavy atom. The second-order valence-corrected chi connectivity index (χ2v) is 3.71. The van der Waals surface area contributed by atoms with Gasteiger partial charge in [0, 0.05) is 24.5 Å². The Morgan fingerprint density at radius 3 is 2.80 bits per heavy atom. The molecule has 1 atom stereocenters. The van der Waals surface area contributed by atoms with Crippen LogP contribution in [0.25, 0.3) is 0 Å². The number of azo groups is 1. The Bertz CT molecular complexity index is 376. The summed E-state index contributed by atoms with van der Waals surface area (Å²) < 4.78 is 0. The van der Waals surface area contributed by atoms with E-state index in [4.69, 9.17) is 12.2 Å². The summed E-state index contributed by atoms with van der Waals surface area (Å²) in [4.78, 5) is 6.02. The summed E-state index contributed by atoms with van der Waals surface area (Å²) in [5, 5.41) is 8.71. The maximum absolute atomic E-state index is 5.13. The minimum Gasteiger partial charge on any atom is -0.319 e. The van der Waals surface area contributed by atoms with Crippen LogP contribution in [0.2, 0.25) is 0 Å². The lowest BCUT2D eigenvalue weighted by Gasteiger charge is -2.22. The van der Waals surface area contributed by atoms with Crippen LogP contribution in [0.4, 0.5) is 0 Å². The fraction of sp³-hybridized carbons (Fsp3) is 0.400. The Hall–Kier alpha value is -1.36. The highest BCUT2D eigenvalue weighted by Crippen LogP contribution is 2.28. The molecule has 15 heavy (non-hydrogen) atoms. The second kappa shape index (κ2) is 4.44. The summed E-state index contributed by atoms with van der Waals surface area (Å²) >= 11 is 5.13. The predicted molar refractivity (Wildman–Crippen MR) is 61.4 cm³/mol. The molecule has 0 aromatic carbocycles. The van der Waals surface area contributed by atoms with Crippen molar-refractivity contribution in [3.05, 3.63) is 30.1 Å². The number of hydrogen-bond acceptors (Lipinski definition) is 3. The molecule has 0 spiro atoms. The van der Waals surface area contributed by atoms with Crippen molar-refractivity contribution >= 4 is 17.3 Å². The molecule has 0 fully saturated rings. The van der Waals surface area contributed by atoms with E-state index in [9.17, 15) is 0 Å². The summed E-state index contributed by atoms with van der Waals surface area (Å²) in [5.41, 5.74) is 1.09. The van der Waals surface area contributed by atoms with Gasteiger partial charge in [0.1, 0.15) is 0 Å². The number of thiocarbonyl (C=S) groups is 1. The first-order valence-electron chi connectivity index (χ1n) is 4.94. The third-order valence-electron chi connectivity index (χ3n) is 2.26. The molecule has 1 aromatic heterocycles. The normalized spacial score (nSPS) is 19.9. The van der Waals surface area contributed by atoms with E-state index >= 15 is 0 Å². The van der Waals surface area contributed by atoms with Gasteiger partial charge in [-0.15, -0.1) is 5.11 Å². The van der Waals surface area contributed by atoms with Crippen LogP contribution >= 0.6 is 12.2 Å². The maximum atomic E-state index is 5.13. The zero-order valence-electron chi connectivity index (χ0n) is 8.50. The lowest BCUT2D eigenvalue weighted by atomic mass is 10.2. The van der Waals surface area contributed by atoms with Crippen molar-refractivity contribution < 1.29 is 0 Å². The van der Waals surface area contributed by atoms with E-state index in [0.717, 1.165) is 18.5 Å². The standard InChI is InChI=1S/C10H12N4S/c1-2-7-14-9(12-13-10(14)15)8-3-5-11-6-4-8/h3-6,9H,2,7H2,1H3. The van der Waals surface area contributed by atoms with Crippen LogP contribution in [0, 0.1) is 0 Å². The third kappa shape index (κ3) is 2.02. The van der Waals surface area contributed by atoms with Gasteiger partial charge in [-0.2, -0.15) is 5.11 Å². The Kier molecular flexibility index (Phi) is 3.01. The smallest absolute Gasteiger partial charge is 0.218 e. The average Bonchev–Trinajstić information content (AvgIpc) is 2.63. The molecule has 1 aromatic rings. The molecule has 0 aliphatic carbocycles. The molecular formula is C10H12N4S. The van der Waals surface area contributed by atoms with E-state index in [2.05, 4.69) is 22.1 Å². The predicted octanol–water partition coefficient (Wildman–Crippen LogP) is 2.54. The van der Waals surface area contributed by atoms with Crippen LogP contribution in [0.15, 0.2) is 34.8 Å². The van der Waals surface area contributed by atoms with Crippen LogP contribution in [0.5, 0.6) is 0 Å². The Morgan fingerprint density at radius 1 is 1.40 bits per heavy atom. The number of hydrogen-bond donors (Lipinski definition) is 0. The quantitative estimate of drug-likeness (QED) is 0.735. The summed E-state index contributed by atoms with van der Waals surface area (Å²) in [6.07, 6.45) is 4.50. The first-order chi connectivity index (χ1) is 7.33. The minimum atomic E-state index is -0.0551. The molecule has 2 rings (SSSR count). The maximum Gasteiger partial charge on any atom is 0.218 e. The lowest BCUT2D eigenvalue weighted by molar-refractivity contribution is 0.347. The van der Waals surface area contributed by atoms with Gasteiger partial charge >= 0.3 is 0 Å². The van der Waals surface area contributed by atoms with Gasteiger partial charge in [0.2, 0.25) is 5.11 Å². The third-order valence-corrected chi connectivity index (χ3v) is 2.58. The topological polar surface area (TPSA) is 40.9 Å². The molecule has 1 aliphatic heterocycles. The molecule has 1 unspecified atom stereocenters. The SMILES string of the molecule is CCCN1C(=S)N=NC1c1ccncc1. The van der Waals surface area contributed by atoms with Crippen LogP contribution in [0.3, 0.4) is 0 Å². The molecule has 0 amide bonds. The van der Waals surface area contributed by atoms with Crippen LogP contribution in [-0.2, 0) is 0 Å². The van der Waals surface area contributed by atoms with Crippen LogP contribution < -0.4 is 0 Å². The van der Waals surface area contributed by atoms with Crippen molar-refractivity contribution in [1.82, 2.24) is 9.88 Å². The Balaban J connectivity index is 2.22. The molecule has 0 N–H and O–H groups in total. The molecule has 1 aliphatic rings. The molecule has 2 heterocycles. The van der Waals surface area contributed by atoms with Crippen molar-refractivity contribution in [3.63, 3.8) is 0 Å². The van der Waals surface area contributed by atoms with Gasteiger partial charge in [-0.3, -0.25) is 4.98 Å². The van der Waals surface area contributed by atoms with E-state index in [1.165, 1.54) is 0 Å². The molecule has 0 saturated carbocycles. The van der Waals surface area contributed by atoms with E-state index < -0.39 is 0 Å².